The lowest BCUT2D eigenvalue weighted by molar-refractivity contribution is 0.0409. The van der Waals surface area contributed by atoms with E-state index in [4.69, 9.17) is 10.5 Å². The summed E-state index contributed by atoms with van der Waals surface area (Å²) in [6.07, 6.45) is 0.801. The number of anilines is 1. The molecule has 0 unspecified atom stereocenters. The molecular formula is C10H14FN3O3. The number of aliphatic hydroxyl groups is 1. The zero-order valence-electron chi connectivity index (χ0n) is 9.39. The van der Waals surface area contributed by atoms with Gasteiger partial charge in [-0.15, -0.1) is 0 Å². The lowest BCUT2D eigenvalue weighted by atomic mass is 9.90. The molecule has 1 aromatic heterocycles. The van der Waals surface area contributed by atoms with Crippen molar-refractivity contribution in [1.29, 1.82) is 0 Å². The van der Waals surface area contributed by atoms with Crippen LogP contribution in [0.15, 0.2) is 11.0 Å². The van der Waals surface area contributed by atoms with E-state index < -0.39 is 29.0 Å². The predicted molar refractivity (Wildman–Crippen MR) is 57.7 cm³/mol. The van der Waals surface area contributed by atoms with Gasteiger partial charge in [-0.05, 0) is 0 Å². The number of ether oxygens (including phenoxy) is 1. The topological polar surface area (TPSA) is 90.4 Å². The number of hydrogen-bond donors (Lipinski definition) is 2. The number of aromatic nitrogens is 2. The Morgan fingerprint density at radius 1 is 1.82 bits per heavy atom. The highest BCUT2D eigenvalue weighted by Gasteiger charge is 2.37. The molecule has 1 saturated heterocycles. The summed E-state index contributed by atoms with van der Waals surface area (Å²) < 4.78 is 19.7. The highest BCUT2D eigenvalue weighted by molar-refractivity contribution is 5.26. The molecule has 1 fully saturated rings. The van der Waals surface area contributed by atoms with E-state index in [0.717, 1.165) is 10.8 Å². The minimum Gasteiger partial charge on any atom is -0.396 e. The highest BCUT2D eigenvalue weighted by Crippen LogP contribution is 2.36. The number of rotatable bonds is 2. The number of halogens is 1. The molecule has 2 rings (SSSR count). The van der Waals surface area contributed by atoms with E-state index in [1.165, 1.54) is 0 Å². The van der Waals surface area contributed by atoms with E-state index in [1.807, 2.05) is 6.92 Å². The molecule has 2 heterocycles. The Hall–Kier alpha value is -1.47. The molecular weight excluding hydrogens is 229 g/mol. The smallest absolute Gasteiger partial charge is 0.351 e. The summed E-state index contributed by atoms with van der Waals surface area (Å²) in [5.41, 5.74) is 4.12. The van der Waals surface area contributed by atoms with Crippen molar-refractivity contribution in [3.63, 3.8) is 0 Å². The van der Waals surface area contributed by atoms with E-state index in [9.17, 15) is 14.3 Å². The third-order valence-electron chi connectivity index (χ3n) is 2.92. The number of nitrogens with two attached hydrogens (primary N) is 1. The lowest BCUT2D eigenvalue weighted by Gasteiger charge is -2.18. The summed E-state index contributed by atoms with van der Waals surface area (Å²) in [7, 11) is 0. The third kappa shape index (κ3) is 2.16. The fourth-order valence-corrected chi connectivity index (χ4v) is 1.79. The molecule has 3 N–H and O–H groups in total. The van der Waals surface area contributed by atoms with Crippen LogP contribution in [0.2, 0.25) is 0 Å². The molecule has 0 saturated carbocycles. The van der Waals surface area contributed by atoms with Crippen LogP contribution in [0.5, 0.6) is 0 Å². The maximum atomic E-state index is 13.2. The molecule has 94 valence electrons. The van der Waals surface area contributed by atoms with E-state index in [2.05, 4.69) is 4.98 Å². The maximum absolute atomic E-state index is 13.2. The first-order valence-electron chi connectivity index (χ1n) is 5.22. The van der Waals surface area contributed by atoms with Gasteiger partial charge in [-0.25, -0.2) is 9.18 Å². The van der Waals surface area contributed by atoms with Crippen molar-refractivity contribution < 1.29 is 14.2 Å². The summed E-state index contributed by atoms with van der Waals surface area (Å²) >= 11 is 0. The molecule has 0 amide bonds. The molecule has 6 nitrogen and oxygen atoms in total. The van der Waals surface area contributed by atoms with Crippen molar-refractivity contribution in [2.75, 3.05) is 18.9 Å². The molecule has 17 heavy (non-hydrogen) atoms. The standard InChI is InChI=1S/C10H14FN3O3/c1-10(4-15)2-7(17-5-10)14-3-6(11)8(12)13-9(14)16/h3,7,15H,2,4-5H2,1H3,(H2,12,13,16)/t7-,10+/m1/s1. The van der Waals surface area contributed by atoms with Gasteiger partial charge < -0.3 is 15.6 Å². The van der Waals surface area contributed by atoms with E-state index in [-0.39, 0.29) is 6.61 Å². The summed E-state index contributed by atoms with van der Waals surface area (Å²) in [6.45, 7) is 2.09. The first-order valence-corrected chi connectivity index (χ1v) is 5.22. The number of nitrogen functional groups attached to an aromatic ring is 1. The summed E-state index contributed by atoms with van der Waals surface area (Å²) in [6, 6.07) is 0. The molecule has 1 aliphatic heterocycles. The van der Waals surface area contributed by atoms with Crippen LogP contribution in [0.3, 0.4) is 0 Å². The van der Waals surface area contributed by atoms with Crippen LogP contribution in [0.4, 0.5) is 10.2 Å². The Bertz CT molecular complexity index is 490. The zero-order valence-corrected chi connectivity index (χ0v) is 9.39. The average Bonchev–Trinajstić information content (AvgIpc) is 2.67. The highest BCUT2D eigenvalue weighted by atomic mass is 19.1. The second-order valence-electron chi connectivity index (χ2n) is 4.60. The first kappa shape index (κ1) is 12.0. The summed E-state index contributed by atoms with van der Waals surface area (Å²) in [5, 5.41) is 9.18. The van der Waals surface area contributed by atoms with Crippen molar-refractivity contribution in [2.24, 2.45) is 5.41 Å². The molecule has 2 atom stereocenters. The monoisotopic (exact) mass is 243 g/mol. The number of nitrogens with zero attached hydrogens (tertiary/aromatic N) is 2. The Morgan fingerprint density at radius 2 is 2.53 bits per heavy atom. The van der Waals surface area contributed by atoms with Crippen LogP contribution in [-0.4, -0.2) is 27.9 Å². The number of aliphatic hydroxyl groups excluding tert-OH is 1. The van der Waals surface area contributed by atoms with Gasteiger partial charge in [0.2, 0.25) is 0 Å². The van der Waals surface area contributed by atoms with Crippen molar-refractivity contribution in [2.45, 2.75) is 19.6 Å². The molecule has 0 aromatic carbocycles. The van der Waals surface area contributed by atoms with Crippen molar-refractivity contribution in [1.82, 2.24) is 9.55 Å². The minimum atomic E-state index is -0.759. The summed E-state index contributed by atoms with van der Waals surface area (Å²) in [5.74, 6) is -1.18. The Balaban J connectivity index is 2.31. The van der Waals surface area contributed by atoms with Gasteiger partial charge in [0.1, 0.15) is 6.23 Å². The van der Waals surface area contributed by atoms with Crippen LogP contribution in [0, 0.1) is 11.2 Å². The molecule has 0 spiro atoms. The lowest BCUT2D eigenvalue weighted by Crippen LogP contribution is -2.28. The molecule has 1 aliphatic rings. The van der Waals surface area contributed by atoms with Gasteiger partial charge in [0.05, 0.1) is 19.4 Å². The van der Waals surface area contributed by atoms with Gasteiger partial charge in [0, 0.05) is 11.8 Å². The second-order valence-corrected chi connectivity index (χ2v) is 4.60. The van der Waals surface area contributed by atoms with Gasteiger partial charge in [0.15, 0.2) is 11.6 Å². The summed E-state index contributed by atoms with van der Waals surface area (Å²) in [4.78, 5) is 14.9. The normalized spacial score (nSPS) is 28.5. The van der Waals surface area contributed by atoms with Crippen LogP contribution in [0.25, 0.3) is 0 Å². The van der Waals surface area contributed by atoms with Gasteiger partial charge in [-0.1, -0.05) is 6.92 Å². The average molecular weight is 243 g/mol. The molecule has 7 heteroatoms. The third-order valence-corrected chi connectivity index (χ3v) is 2.92. The van der Waals surface area contributed by atoms with Crippen molar-refractivity contribution in [3.8, 4) is 0 Å². The van der Waals surface area contributed by atoms with Crippen molar-refractivity contribution in [3.05, 3.63) is 22.5 Å². The quantitative estimate of drug-likeness (QED) is 0.755. The SMILES string of the molecule is C[C@]1(CO)CO[C@@H](n2cc(F)c(N)nc2=O)C1. The largest absolute Gasteiger partial charge is 0.396 e. The van der Waals surface area contributed by atoms with Gasteiger partial charge in [-0.3, -0.25) is 4.57 Å². The fourth-order valence-electron chi connectivity index (χ4n) is 1.79. The molecule has 0 aliphatic carbocycles. The Morgan fingerprint density at radius 3 is 3.12 bits per heavy atom. The predicted octanol–water partition coefficient (Wildman–Crippen LogP) is -0.118. The Kier molecular flexibility index (Phi) is 2.88. The zero-order chi connectivity index (χ0) is 12.6. The van der Waals surface area contributed by atoms with Crippen LogP contribution in [0.1, 0.15) is 19.6 Å². The van der Waals surface area contributed by atoms with E-state index in [1.54, 1.807) is 0 Å². The van der Waals surface area contributed by atoms with Gasteiger partial charge >= 0.3 is 5.69 Å². The van der Waals surface area contributed by atoms with Gasteiger partial charge in [0.25, 0.3) is 0 Å². The van der Waals surface area contributed by atoms with Crippen LogP contribution in [-0.2, 0) is 4.74 Å². The van der Waals surface area contributed by atoms with E-state index >= 15 is 0 Å². The maximum Gasteiger partial charge on any atom is 0.351 e. The van der Waals surface area contributed by atoms with Gasteiger partial charge in [-0.2, -0.15) is 4.98 Å². The fraction of sp³-hybridized carbons (Fsp3) is 0.600. The first-order chi connectivity index (χ1) is 7.95. The van der Waals surface area contributed by atoms with E-state index in [0.29, 0.717) is 13.0 Å². The van der Waals surface area contributed by atoms with Crippen molar-refractivity contribution >= 4 is 5.82 Å². The number of hydrogen-bond acceptors (Lipinski definition) is 5. The second kappa shape index (κ2) is 4.08. The molecule has 1 aromatic rings. The van der Waals surface area contributed by atoms with Crippen LogP contribution >= 0.6 is 0 Å². The Labute approximate surface area is 96.8 Å². The molecule has 0 radical (unpaired) electrons. The molecule has 0 bridgehead atoms. The van der Waals surface area contributed by atoms with Crippen LogP contribution < -0.4 is 11.4 Å². The minimum absolute atomic E-state index is 0.0524.